The van der Waals surface area contributed by atoms with Crippen LogP contribution in [0.4, 0.5) is 9.59 Å². The van der Waals surface area contributed by atoms with Gasteiger partial charge in [-0.1, -0.05) is 24.2 Å². The summed E-state index contributed by atoms with van der Waals surface area (Å²) in [4.78, 5) is 32.9. The van der Waals surface area contributed by atoms with E-state index in [1.807, 2.05) is 0 Å². The third kappa shape index (κ3) is 8.31. The summed E-state index contributed by atoms with van der Waals surface area (Å²) in [5.41, 5.74) is 1.31. The van der Waals surface area contributed by atoms with E-state index in [-0.39, 0.29) is 5.41 Å². The van der Waals surface area contributed by atoms with E-state index >= 15 is 0 Å². The average molecular weight is 368 g/mol. The molecule has 8 nitrogen and oxygen atoms in total. The van der Waals surface area contributed by atoms with Gasteiger partial charge in [-0.3, -0.25) is 9.68 Å². The summed E-state index contributed by atoms with van der Waals surface area (Å²) in [6, 6.07) is 0. The summed E-state index contributed by atoms with van der Waals surface area (Å²) in [5, 5.41) is 12.9. The molecule has 0 aromatic heterocycles. The number of hydrogen-bond acceptors (Lipinski definition) is 6. The van der Waals surface area contributed by atoms with Crippen molar-refractivity contribution in [3.63, 3.8) is 0 Å². The highest BCUT2D eigenvalue weighted by Gasteiger charge is 2.36. The van der Waals surface area contributed by atoms with E-state index in [0.29, 0.717) is 36.3 Å². The summed E-state index contributed by atoms with van der Waals surface area (Å²) in [7, 11) is 0. The highest BCUT2D eigenvalue weighted by molar-refractivity contribution is 5.80. The van der Waals surface area contributed by atoms with Crippen molar-refractivity contribution in [1.29, 1.82) is 0 Å². The van der Waals surface area contributed by atoms with E-state index in [1.165, 1.54) is 0 Å². The molecule has 8 heteroatoms. The number of rotatable bonds is 6. The Morgan fingerprint density at radius 1 is 1.04 bits per heavy atom. The highest BCUT2D eigenvalue weighted by atomic mass is 16.7. The molecule has 0 spiro atoms. The van der Waals surface area contributed by atoms with Crippen molar-refractivity contribution in [1.82, 2.24) is 10.6 Å². The molecule has 1 fully saturated rings. The van der Waals surface area contributed by atoms with Crippen LogP contribution in [-0.4, -0.2) is 36.7 Å². The van der Waals surface area contributed by atoms with Crippen molar-refractivity contribution in [2.45, 2.75) is 60.8 Å². The van der Waals surface area contributed by atoms with Crippen LogP contribution in [0.5, 0.6) is 0 Å². The number of oxime groups is 2. The molecule has 3 atom stereocenters. The van der Waals surface area contributed by atoms with Crippen LogP contribution >= 0.6 is 0 Å². The standard InChI is InChI=1S/C18H32N4O4/c1-12(2)21-25-16(23)19-10-15-9-18(6,8-7-14(15)5)11-20-17(24)26-22-13(3)4/h14-15H,7-11H2,1-6H3,(H,19,23)(H,20,24). The van der Waals surface area contributed by atoms with Crippen molar-refractivity contribution in [3.8, 4) is 0 Å². The van der Waals surface area contributed by atoms with E-state index in [0.717, 1.165) is 19.3 Å². The second kappa shape index (κ2) is 10.1. The maximum atomic E-state index is 11.7. The van der Waals surface area contributed by atoms with Crippen molar-refractivity contribution in [2.75, 3.05) is 13.1 Å². The van der Waals surface area contributed by atoms with Crippen LogP contribution in [0.15, 0.2) is 10.3 Å². The first-order valence-corrected chi connectivity index (χ1v) is 9.03. The minimum Gasteiger partial charge on any atom is -0.319 e. The molecule has 2 amide bonds. The van der Waals surface area contributed by atoms with Crippen molar-refractivity contribution in [2.24, 2.45) is 27.6 Å². The second-order valence-corrected chi connectivity index (χ2v) is 7.86. The first-order chi connectivity index (χ1) is 12.1. The molecular formula is C18H32N4O4. The molecular weight excluding hydrogens is 336 g/mol. The zero-order valence-corrected chi connectivity index (χ0v) is 16.7. The van der Waals surface area contributed by atoms with E-state index in [2.05, 4.69) is 34.8 Å². The fraction of sp³-hybridized carbons (Fsp3) is 0.778. The molecule has 1 rings (SSSR count). The van der Waals surface area contributed by atoms with Crippen molar-refractivity contribution < 1.29 is 19.3 Å². The molecule has 0 radical (unpaired) electrons. The second-order valence-electron chi connectivity index (χ2n) is 7.86. The van der Waals surface area contributed by atoms with Gasteiger partial charge in [0.1, 0.15) is 0 Å². The fourth-order valence-electron chi connectivity index (χ4n) is 3.01. The normalized spacial score (nSPS) is 24.8. The van der Waals surface area contributed by atoms with E-state index in [4.69, 9.17) is 9.68 Å². The van der Waals surface area contributed by atoms with Gasteiger partial charge in [0.05, 0.1) is 11.4 Å². The lowest BCUT2D eigenvalue weighted by atomic mass is 9.66. The zero-order chi connectivity index (χ0) is 19.7. The Bertz CT molecular complexity index is 553. The quantitative estimate of drug-likeness (QED) is 0.424. The monoisotopic (exact) mass is 368 g/mol. The van der Waals surface area contributed by atoms with Gasteiger partial charge in [0.15, 0.2) is 0 Å². The van der Waals surface area contributed by atoms with Crippen LogP contribution in [0.3, 0.4) is 0 Å². The molecule has 0 heterocycles. The lowest BCUT2D eigenvalue weighted by Crippen LogP contribution is -2.43. The molecule has 26 heavy (non-hydrogen) atoms. The summed E-state index contributed by atoms with van der Waals surface area (Å²) in [6.45, 7) is 12.4. The third-order valence-electron chi connectivity index (χ3n) is 4.55. The van der Waals surface area contributed by atoms with E-state index in [9.17, 15) is 9.59 Å². The Kier molecular flexibility index (Phi) is 8.54. The lowest BCUT2D eigenvalue weighted by molar-refractivity contribution is 0.0959. The fourth-order valence-corrected chi connectivity index (χ4v) is 3.01. The molecule has 1 saturated carbocycles. The maximum absolute atomic E-state index is 11.7. The van der Waals surface area contributed by atoms with Crippen molar-refractivity contribution >= 4 is 23.6 Å². The number of carbonyl (C=O) groups excluding carboxylic acids is 2. The Morgan fingerprint density at radius 3 is 2.12 bits per heavy atom. The molecule has 0 aromatic carbocycles. The number of nitrogens with zero attached hydrogens (tertiary/aromatic N) is 2. The van der Waals surface area contributed by atoms with Gasteiger partial charge in [0, 0.05) is 13.1 Å². The SMILES string of the molecule is CC(C)=NOC(=O)NCC1CC(C)(CNC(=O)ON=C(C)C)CCC1C. The first kappa shape index (κ1) is 21.9. The molecule has 0 saturated heterocycles. The van der Waals surface area contributed by atoms with Gasteiger partial charge in [0.2, 0.25) is 0 Å². The minimum atomic E-state index is -0.544. The predicted octanol–water partition coefficient (Wildman–Crippen LogP) is 3.67. The van der Waals surface area contributed by atoms with Gasteiger partial charge in [-0.15, -0.1) is 0 Å². The van der Waals surface area contributed by atoms with Gasteiger partial charge in [-0.25, -0.2) is 9.59 Å². The van der Waals surface area contributed by atoms with Crippen LogP contribution in [0, 0.1) is 17.3 Å². The molecule has 1 aliphatic carbocycles. The molecule has 1 aliphatic rings. The number of carbonyl (C=O) groups is 2. The summed E-state index contributed by atoms with van der Waals surface area (Å²) >= 11 is 0. The van der Waals surface area contributed by atoms with Gasteiger partial charge in [0.25, 0.3) is 0 Å². The van der Waals surface area contributed by atoms with E-state index in [1.54, 1.807) is 27.7 Å². The van der Waals surface area contributed by atoms with Crippen LogP contribution in [-0.2, 0) is 9.68 Å². The van der Waals surface area contributed by atoms with Crippen LogP contribution in [0.1, 0.15) is 60.8 Å². The Hall–Kier alpha value is -2.12. The van der Waals surface area contributed by atoms with Crippen LogP contribution < -0.4 is 10.6 Å². The Balaban J connectivity index is 2.49. The van der Waals surface area contributed by atoms with Crippen LogP contribution in [0.2, 0.25) is 0 Å². The third-order valence-corrected chi connectivity index (χ3v) is 4.55. The average Bonchev–Trinajstić information content (AvgIpc) is 2.57. The minimum absolute atomic E-state index is 0.0507. The Labute approximate surface area is 155 Å². The molecule has 0 aliphatic heterocycles. The van der Waals surface area contributed by atoms with E-state index < -0.39 is 12.2 Å². The van der Waals surface area contributed by atoms with Gasteiger partial charge in [-0.05, 0) is 64.2 Å². The van der Waals surface area contributed by atoms with Crippen molar-refractivity contribution in [3.05, 3.63) is 0 Å². The first-order valence-electron chi connectivity index (χ1n) is 9.03. The smallest absolute Gasteiger partial charge is 0.319 e. The summed E-state index contributed by atoms with van der Waals surface area (Å²) in [5.74, 6) is 0.792. The summed E-state index contributed by atoms with van der Waals surface area (Å²) < 4.78 is 0. The molecule has 3 unspecified atom stereocenters. The predicted molar refractivity (Wildman–Crippen MR) is 101 cm³/mol. The molecule has 0 aromatic rings. The molecule has 0 bridgehead atoms. The van der Waals surface area contributed by atoms with Crippen LogP contribution in [0.25, 0.3) is 0 Å². The largest absolute Gasteiger partial charge is 0.433 e. The van der Waals surface area contributed by atoms with Gasteiger partial charge >= 0.3 is 12.2 Å². The summed E-state index contributed by atoms with van der Waals surface area (Å²) in [6.07, 6.45) is 1.84. The number of hydrogen-bond donors (Lipinski definition) is 2. The Morgan fingerprint density at radius 2 is 1.58 bits per heavy atom. The molecule has 2 N–H and O–H groups in total. The number of nitrogens with one attached hydrogen (secondary N) is 2. The molecule has 148 valence electrons. The van der Waals surface area contributed by atoms with Gasteiger partial charge in [-0.2, -0.15) is 0 Å². The van der Waals surface area contributed by atoms with Gasteiger partial charge < -0.3 is 10.6 Å². The topological polar surface area (TPSA) is 101 Å². The zero-order valence-electron chi connectivity index (χ0n) is 16.7. The number of amides is 2. The lowest BCUT2D eigenvalue weighted by Gasteiger charge is -2.41. The maximum Gasteiger partial charge on any atom is 0.433 e. The highest BCUT2D eigenvalue weighted by Crippen LogP contribution is 2.41.